The van der Waals surface area contributed by atoms with E-state index in [-0.39, 0.29) is 21.0 Å². The van der Waals surface area contributed by atoms with E-state index in [1.807, 2.05) is 11.5 Å². The predicted molar refractivity (Wildman–Crippen MR) is 124 cm³/mol. The van der Waals surface area contributed by atoms with Crippen LogP contribution in [0, 0.1) is 12.7 Å². The molecule has 166 valence electrons. The van der Waals surface area contributed by atoms with E-state index >= 15 is 0 Å². The molecule has 2 aromatic heterocycles. The van der Waals surface area contributed by atoms with E-state index in [1.54, 1.807) is 12.1 Å². The Hall–Kier alpha value is -2.70. The van der Waals surface area contributed by atoms with Gasteiger partial charge < -0.3 is 0 Å². The number of carbonyl (C=O) groups is 2. The summed E-state index contributed by atoms with van der Waals surface area (Å²) in [6.07, 6.45) is 0.706. The fourth-order valence-corrected chi connectivity index (χ4v) is 6.23. The van der Waals surface area contributed by atoms with Crippen molar-refractivity contribution in [1.29, 1.82) is 0 Å². The number of carbonyl (C=O) groups excluding carboxylic acids is 2. The van der Waals surface area contributed by atoms with Crippen LogP contribution in [0.4, 0.5) is 10.3 Å². The minimum atomic E-state index is -1.47. The number of nitrogens with one attached hydrogen (secondary N) is 1. The summed E-state index contributed by atoms with van der Waals surface area (Å²) in [5.74, 6) is -1.07. The summed E-state index contributed by atoms with van der Waals surface area (Å²) >= 11 is -1.47. The molecule has 11 heteroatoms. The number of primary amides is 1. The van der Waals surface area contributed by atoms with Crippen molar-refractivity contribution in [3.63, 3.8) is 0 Å². The molecule has 3 N–H and O–H groups in total. The second-order valence-corrected chi connectivity index (χ2v) is 13.6. The van der Waals surface area contributed by atoms with E-state index in [9.17, 15) is 14.0 Å². The molecule has 0 saturated carbocycles. The molecule has 0 saturated heterocycles. The molecule has 0 unspecified atom stereocenters. The molecule has 0 bridgehead atoms. The summed E-state index contributed by atoms with van der Waals surface area (Å²) in [4.78, 5) is 33.7. The number of benzene rings is 1. The Morgan fingerprint density at radius 3 is 2.77 bits per heavy atom. The molecule has 0 aliphatic carbocycles. The van der Waals surface area contributed by atoms with Crippen LogP contribution in [0.3, 0.4) is 0 Å². The van der Waals surface area contributed by atoms with Crippen molar-refractivity contribution in [3.8, 4) is 5.75 Å². The number of aromatic nitrogens is 4. The van der Waals surface area contributed by atoms with Crippen LogP contribution in [0.15, 0.2) is 12.1 Å². The standard InChI is InChI=1S/C20H24FIN6O3/c1-5-6-27-17(15(21)10(2)26-27)19(30)25-20-24-12-7-11(18(23)29)8-13-16(12)28(20)14(9-31-13)22(3)4/h7-8,14H,5-6,9H2,1-4H3,(H2,23,29)(H,24,25,30)/t14-/m1/s1. The summed E-state index contributed by atoms with van der Waals surface area (Å²) in [6, 6.07) is 3.17. The molecular weight excluding hydrogens is 518 g/mol. The van der Waals surface area contributed by atoms with Gasteiger partial charge in [-0.25, -0.2) is 0 Å². The number of hydrogen-bond acceptors (Lipinski definition) is 5. The van der Waals surface area contributed by atoms with Crippen molar-refractivity contribution in [3.05, 3.63) is 34.9 Å². The van der Waals surface area contributed by atoms with Crippen LogP contribution in [0.5, 0.6) is 5.75 Å². The average Bonchev–Trinajstić information content (AvgIpc) is 3.20. The molecule has 31 heavy (non-hydrogen) atoms. The number of rotatable bonds is 6. The van der Waals surface area contributed by atoms with E-state index in [1.165, 1.54) is 11.6 Å². The molecule has 9 nitrogen and oxygen atoms in total. The first-order valence-corrected chi connectivity index (χ1v) is 15.3. The number of ether oxygens (including phenoxy) is 1. The molecule has 3 aromatic rings. The third-order valence-corrected chi connectivity index (χ3v) is 8.92. The van der Waals surface area contributed by atoms with E-state index in [2.05, 4.69) is 25.3 Å². The number of imidazole rings is 1. The molecule has 0 radical (unpaired) electrons. The summed E-state index contributed by atoms with van der Waals surface area (Å²) in [5, 5.41) is 6.92. The van der Waals surface area contributed by atoms with Gasteiger partial charge in [0.05, 0.1) is 0 Å². The van der Waals surface area contributed by atoms with Crippen molar-refractivity contribution >= 4 is 48.6 Å². The van der Waals surface area contributed by atoms with Gasteiger partial charge in [-0.3, -0.25) is 0 Å². The van der Waals surface area contributed by atoms with Gasteiger partial charge in [0, 0.05) is 0 Å². The van der Waals surface area contributed by atoms with Crippen molar-refractivity contribution in [1.82, 2.24) is 19.3 Å². The maximum atomic E-state index is 14.7. The second kappa shape index (κ2) is 8.09. The third-order valence-electron chi connectivity index (χ3n) is 5.13. The van der Waals surface area contributed by atoms with E-state index in [0.29, 0.717) is 42.3 Å². The first-order chi connectivity index (χ1) is 14.7. The molecule has 3 heterocycles. The van der Waals surface area contributed by atoms with Crippen molar-refractivity contribution in [2.45, 2.75) is 30.9 Å². The number of nitrogens with zero attached hydrogens (tertiary/aromatic N) is 4. The van der Waals surface area contributed by atoms with Crippen LogP contribution in [0.1, 0.15) is 43.9 Å². The van der Waals surface area contributed by atoms with Crippen LogP contribution in [-0.2, 0) is 6.54 Å². The van der Waals surface area contributed by atoms with E-state index < -0.39 is 37.5 Å². The molecule has 4 rings (SSSR count). The zero-order valence-electron chi connectivity index (χ0n) is 17.7. The van der Waals surface area contributed by atoms with Crippen LogP contribution in [0.2, 0.25) is 0 Å². The molecule has 0 spiro atoms. The quantitative estimate of drug-likeness (QED) is 0.367. The Bertz CT molecular complexity index is 1200. The Labute approximate surface area is 185 Å². The fraction of sp³-hybridized carbons (Fsp3) is 0.400. The zero-order valence-corrected chi connectivity index (χ0v) is 19.9. The zero-order chi connectivity index (χ0) is 22.4. The van der Waals surface area contributed by atoms with Crippen LogP contribution in [0.25, 0.3) is 11.0 Å². The number of alkyl halides is 3. The van der Waals surface area contributed by atoms with Crippen LogP contribution >= 0.6 is 19.8 Å². The summed E-state index contributed by atoms with van der Waals surface area (Å²) in [6.45, 7) is 4.29. The Morgan fingerprint density at radius 1 is 1.39 bits per heavy atom. The van der Waals surface area contributed by atoms with Gasteiger partial charge in [0.1, 0.15) is 0 Å². The van der Waals surface area contributed by atoms with Crippen LogP contribution < -0.4 is 15.8 Å². The second-order valence-electron chi connectivity index (χ2n) is 7.50. The molecule has 1 atom stereocenters. The Morgan fingerprint density at radius 2 is 2.13 bits per heavy atom. The number of aryl methyl sites for hydroxylation is 2. The van der Waals surface area contributed by atoms with Gasteiger partial charge in [0.15, 0.2) is 0 Å². The van der Waals surface area contributed by atoms with E-state index in [0.717, 1.165) is 0 Å². The number of anilines is 1. The number of amides is 2. The number of nitrogens with two attached hydrogens (primary N) is 1. The number of halogens is 2. The average molecular weight is 542 g/mol. The van der Waals surface area contributed by atoms with Crippen LogP contribution in [-0.4, -0.2) is 47.6 Å². The Balaban J connectivity index is 1.84. The fourth-order valence-electron chi connectivity index (χ4n) is 3.67. The number of hydrogen-bond donors (Lipinski definition) is 2. The summed E-state index contributed by atoms with van der Waals surface area (Å²) < 4.78 is 24.0. The molecule has 1 aliphatic heterocycles. The van der Waals surface area contributed by atoms with Crippen molar-refractivity contribution < 1.29 is 18.7 Å². The predicted octanol–water partition coefficient (Wildman–Crippen LogP) is 3.10. The Kier molecular flexibility index (Phi) is 5.62. The van der Waals surface area contributed by atoms with Crippen molar-refractivity contribution in [2.75, 3.05) is 21.8 Å². The van der Waals surface area contributed by atoms with Gasteiger partial charge >= 0.3 is 186 Å². The van der Waals surface area contributed by atoms with Gasteiger partial charge in [-0.2, -0.15) is 0 Å². The molecule has 0 fully saturated rings. The van der Waals surface area contributed by atoms with Gasteiger partial charge in [-0.15, -0.1) is 0 Å². The topological polar surface area (TPSA) is 117 Å². The maximum absolute atomic E-state index is 14.7. The van der Waals surface area contributed by atoms with Gasteiger partial charge in [0.25, 0.3) is 0 Å². The van der Waals surface area contributed by atoms with Gasteiger partial charge in [-0.05, 0) is 0 Å². The van der Waals surface area contributed by atoms with E-state index in [4.69, 9.17) is 10.5 Å². The molecule has 2 amide bonds. The van der Waals surface area contributed by atoms with Crippen molar-refractivity contribution in [2.24, 2.45) is 5.73 Å². The SMILES string of the molecule is CCCn1nc(C)c(F)c1C(=O)Nc1nc2cc(C(N)=O)cc3c2n1[C@@H](I(C)C)CO3. The first-order valence-electron chi connectivity index (χ1n) is 9.74. The van der Waals surface area contributed by atoms with Gasteiger partial charge in [-0.1, -0.05) is 0 Å². The normalized spacial score (nSPS) is 15.6. The summed E-state index contributed by atoms with van der Waals surface area (Å²) in [5.41, 5.74) is 6.95. The molecule has 1 aliphatic rings. The monoisotopic (exact) mass is 542 g/mol. The minimum absolute atomic E-state index is 0.0450. The molecular formula is C20H24FIN6O3. The molecule has 1 aromatic carbocycles. The first kappa shape index (κ1) is 21.5. The van der Waals surface area contributed by atoms with Gasteiger partial charge in [0.2, 0.25) is 0 Å². The third kappa shape index (κ3) is 3.64. The summed E-state index contributed by atoms with van der Waals surface area (Å²) in [7, 11) is 0.